The van der Waals surface area contributed by atoms with Crippen LogP contribution in [-0.4, -0.2) is 59.5 Å². The third-order valence-electron chi connectivity index (χ3n) is 3.67. The van der Waals surface area contributed by atoms with Crippen molar-refractivity contribution in [1.29, 1.82) is 0 Å². The van der Waals surface area contributed by atoms with E-state index in [0.717, 1.165) is 19.3 Å². The maximum absolute atomic E-state index is 11.9. The Morgan fingerprint density at radius 1 is 1.53 bits per heavy atom. The average Bonchev–Trinajstić information content (AvgIpc) is 2.62. The summed E-state index contributed by atoms with van der Waals surface area (Å²) in [6.45, 7) is 1.61. The molecule has 2 fully saturated rings. The summed E-state index contributed by atoms with van der Waals surface area (Å²) in [6.07, 6.45) is 2.85. The standard InChI is InChI=1S/C12H20N2O3/c1-13(7-9-5-10(15)6-9)12(17)8-14-4-2-3-11(14)16/h9-10,15H,2-8H2,1H3. The number of aliphatic hydroxyl groups is 1. The van der Waals surface area contributed by atoms with Gasteiger partial charge in [0.05, 0.1) is 12.6 Å². The number of aliphatic hydroxyl groups excluding tert-OH is 1. The van der Waals surface area contributed by atoms with E-state index in [1.807, 2.05) is 0 Å². The van der Waals surface area contributed by atoms with Gasteiger partial charge < -0.3 is 14.9 Å². The summed E-state index contributed by atoms with van der Waals surface area (Å²) in [5.74, 6) is 0.515. The van der Waals surface area contributed by atoms with Crippen LogP contribution in [0.2, 0.25) is 0 Å². The molecule has 5 nitrogen and oxygen atoms in total. The molecule has 0 bridgehead atoms. The molecular weight excluding hydrogens is 220 g/mol. The number of likely N-dealkylation sites (N-methyl/N-ethyl adjacent to an activating group) is 1. The Bertz CT molecular complexity index is 313. The van der Waals surface area contributed by atoms with Crippen molar-refractivity contribution in [2.45, 2.75) is 31.8 Å². The molecule has 1 aliphatic heterocycles. The second-order valence-electron chi connectivity index (χ2n) is 5.18. The van der Waals surface area contributed by atoms with E-state index in [2.05, 4.69) is 0 Å². The fraction of sp³-hybridized carbons (Fsp3) is 0.833. The third kappa shape index (κ3) is 2.97. The first-order chi connectivity index (χ1) is 8.06. The maximum Gasteiger partial charge on any atom is 0.241 e. The molecule has 96 valence electrons. The van der Waals surface area contributed by atoms with Crippen LogP contribution >= 0.6 is 0 Å². The van der Waals surface area contributed by atoms with Crippen molar-refractivity contribution in [3.8, 4) is 0 Å². The highest BCUT2D eigenvalue weighted by Gasteiger charge is 2.30. The Balaban J connectivity index is 1.73. The SMILES string of the molecule is CN(CC1CC(O)C1)C(=O)CN1CCCC1=O. The normalized spacial score (nSPS) is 28.1. The van der Waals surface area contributed by atoms with E-state index in [1.54, 1.807) is 16.8 Å². The maximum atomic E-state index is 11.9. The predicted molar refractivity (Wildman–Crippen MR) is 62.2 cm³/mol. The molecule has 0 aromatic carbocycles. The minimum absolute atomic E-state index is 0.00152. The number of amides is 2. The third-order valence-corrected chi connectivity index (χ3v) is 3.67. The summed E-state index contributed by atoms with van der Waals surface area (Å²) in [5.41, 5.74) is 0. The monoisotopic (exact) mass is 240 g/mol. The van der Waals surface area contributed by atoms with Gasteiger partial charge in [-0.25, -0.2) is 0 Å². The zero-order chi connectivity index (χ0) is 12.4. The van der Waals surface area contributed by atoms with Gasteiger partial charge in [-0.05, 0) is 25.2 Å². The zero-order valence-electron chi connectivity index (χ0n) is 10.3. The molecule has 2 rings (SSSR count). The van der Waals surface area contributed by atoms with Crippen LogP contribution in [-0.2, 0) is 9.59 Å². The van der Waals surface area contributed by atoms with Crippen LogP contribution in [0.25, 0.3) is 0 Å². The van der Waals surface area contributed by atoms with E-state index in [0.29, 0.717) is 25.4 Å². The lowest BCUT2D eigenvalue weighted by Crippen LogP contribution is -2.43. The van der Waals surface area contributed by atoms with Gasteiger partial charge in [0.15, 0.2) is 0 Å². The Kier molecular flexibility index (Phi) is 3.66. The fourth-order valence-electron chi connectivity index (χ4n) is 2.49. The first-order valence-corrected chi connectivity index (χ1v) is 6.26. The predicted octanol–water partition coefficient (Wildman–Crippen LogP) is -0.162. The van der Waals surface area contributed by atoms with Gasteiger partial charge in [-0.1, -0.05) is 0 Å². The van der Waals surface area contributed by atoms with E-state index < -0.39 is 0 Å². The number of likely N-dealkylation sites (tertiary alicyclic amines) is 1. The summed E-state index contributed by atoms with van der Waals surface area (Å²) in [4.78, 5) is 26.6. The smallest absolute Gasteiger partial charge is 0.241 e. The summed E-state index contributed by atoms with van der Waals surface area (Å²) in [7, 11) is 1.77. The second kappa shape index (κ2) is 5.04. The summed E-state index contributed by atoms with van der Waals surface area (Å²) >= 11 is 0. The van der Waals surface area contributed by atoms with Crippen LogP contribution < -0.4 is 0 Å². The highest BCUT2D eigenvalue weighted by molar-refractivity contribution is 5.85. The molecule has 0 radical (unpaired) electrons. The highest BCUT2D eigenvalue weighted by atomic mass is 16.3. The van der Waals surface area contributed by atoms with Crippen molar-refractivity contribution in [3.63, 3.8) is 0 Å². The molecule has 2 amide bonds. The average molecular weight is 240 g/mol. The van der Waals surface area contributed by atoms with E-state index in [1.165, 1.54) is 0 Å². The summed E-state index contributed by atoms with van der Waals surface area (Å²) in [6, 6.07) is 0. The fourth-order valence-corrected chi connectivity index (χ4v) is 2.49. The van der Waals surface area contributed by atoms with Crippen LogP contribution in [0.5, 0.6) is 0 Å². The molecule has 2 aliphatic rings. The number of hydrogen-bond donors (Lipinski definition) is 1. The van der Waals surface area contributed by atoms with E-state index in [9.17, 15) is 14.7 Å². The Morgan fingerprint density at radius 3 is 2.76 bits per heavy atom. The van der Waals surface area contributed by atoms with E-state index in [4.69, 9.17) is 0 Å². The van der Waals surface area contributed by atoms with Crippen molar-refractivity contribution >= 4 is 11.8 Å². The van der Waals surface area contributed by atoms with Crippen LogP contribution in [0.3, 0.4) is 0 Å². The lowest BCUT2D eigenvalue weighted by molar-refractivity contribution is -0.138. The molecule has 0 aromatic rings. The van der Waals surface area contributed by atoms with Crippen LogP contribution in [0.1, 0.15) is 25.7 Å². The van der Waals surface area contributed by atoms with Crippen molar-refractivity contribution < 1.29 is 14.7 Å². The van der Waals surface area contributed by atoms with Gasteiger partial charge in [0.2, 0.25) is 11.8 Å². The molecule has 17 heavy (non-hydrogen) atoms. The van der Waals surface area contributed by atoms with Crippen LogP contribution in [0.4, 0.5) is 0 Å². The largest absolute Gasteiger partial charge is 0.393 e. The van der Waals surface area contributed by atoms with Crippen molar-refractivity contribution in [2.75, 3.05) is 26.7 Å². The highest BCUT2D eigenvalue weighted by Crippen LogP contribution is 2.27. The molecule has 0 aromatic heterocycles. The van der Waals surface area contributed by atoms with Gasteiger partial charge in [-0.3, -0.25) is 9.59 Å². The molecule has 1 aliphatic carbocycles. The summed E-state index contributed by atoms with van der Waals surface area (Å²) < 4.78 is 0. The van der Waals surface area contributed by atoms with E-state index >= 15 is 0 Å². The lowest BCUT2D eigenvalue weighted by atomic mass is 9.82. The Labute approximate surface area is 101 Å². The van der Waals surface area contributed by atoms with Gasteiger partial charge >= 0.3 is 0 Å². The van der Waals surface area contributed by atoms with Crippen molar-refractivity contribution in [3.05, 3.63) is 0 Å². The minimum atomic E-state index is -0.177. The van der Waals surface area contributed by atoms with Crippen molar-refractivity contribution in [2.24, 2.45) is 5.92 Å². The molecule has 5 heteroatoms. The number of hydrogen-bond acceptors (Lipinski definition) is 3. The molecular formula is C12H20N2O3. The Hall–Kier alpha value is -1.10. The topological polar surface area (TPSA) is 60.9 Å². The second-order valence-corrected chi connectivity index (χ2v) is 5.18. The first kappa shape index (κ1) is 12.4. The molecule has 0 unspecified atom stereocenters. The number of nitrogens with zero attached hydrogens (tertiary/aromatic N) is 2. The number of carbonyl (C=O) groups excluding carboxylic acids is 2. The number of carbonyl (C=O) groups is 2. The molecule has 1 N–H and O–H groups in total. The lowest BCUT2D eigenvalue weighted by Gasteiger charge is -2.34. The van der Waals surface area contributed by atoms with Gasteiger partial charge in [0, 0.05) is 26.6 Å². The zero-order valence-corrected chi connectivity index (χ0v) is 10.3. The molecule has 1 saturated heterocycles. The molecule has 0 atom stereocenters. The van der Waals surface area contributed by atoms with Gasteiger partial charge in [0.1, 0.15) is 0 Å². The molecule has 1 heterocycles. The quantitative estimate of drug-likeness (QED) is 0.742. The number of rotatable bonds is 4. The summed E-state index contributed by atoms with van der Waals surface area (Å²) in [5, 5.41) is 9.18. The van der Waals surface area contributed by atoms with Gasteiger partial charge in [0.25, 0.3) is 0 Å². The van der Waals surface area contributed by atoms with Crippen LogP contribution in [0.15, 0.2) is 0 Å². The molecule has 1 saturated carbocycles. The van der Waals surface area contributed by atoms with Crippen LogP contribution in [0, 0.1) is 5.92 Å². The Morgan fingerprint density at radius 2 is 2.24 bits per heavy atom. The first-order valence-electron chi connectivity index (χ1n) is 6.26. The van der Waals surface area contributed by atoms with Gasteiger partial charge in [-0.2, -0.15) is 0 Å². The minimum Gasteiger partial charge on any atom is -0.393 e. The molecule has 0 spiro atoms. The van der Waals surface area contributed by atoms with Crippen molar-refractivity contribution in [1.82, 2.24) is 9.80 Å². The van der Waals surface area contributed by atoms with Gasteiger partial charge in [-0.15, -0.1) is 0 Å². The van der Waals surface area contributed by atoms with E-state index in [-0.39, 0.29) is 24.5 Å².